The highest BCUT2D eigenvalue weighted by atomic mass is 16.5. The molecular weight excluding hydrogens is 292 g/mol. The summed E-state index contributed by atoms with van der Waals surface area (Å²) in [5.41, 5.74) is 2.35. The SMILES string of the molecule is COc1ccc2c(OC)cc(-c3nc4cncnc4[nH]3)cc2c1. The Bertz CT molecular complexity index is 977. The second kappa shape index (κ2) is 5.24. The second-order valence-electron chi connectivity index (χ2n) is 5.11. The molecule has 2 aromatic heterocycles. The fraction of sp³-hybridized carbons (Fsp3) is 0.118. The van der Waals surface area contributed by atoms with E-state index in [2.05, 4.69) is 19.9 Å². The highest BCUT2D eigenvalue weighted by Crippen LogP contribution is 2.33. The third kappa shape index (κ3) is 2.24. The van der Waals surface area contributed by atoms with Crippen LogP contribution in [0.15, 0.2) is 42.9 Å². The number of nitrogens with zero attached hydrogens (tertiary/aromatic N) is 3. The van der Waals surface area contributed by atoms with Crippen molar-refractivity contribution in [1.29, 1.82) is 0 Å². The highest BCUT2D eigenvalue weighted by molar-refractivity contribution is 5.93. The Morgan fingerprint density at radius 2 is 1.96 bits per heavy atom. The van der Waals surface area contributed by atoms with E-state index in [0.717, 1.165) is 39.2 Å². The van der Waals surface area contributed by atoms with Gasteiger partial charge in [0.05, 0.1) is 20.4 Å². The van der Waals surface area contributed by atoms with Gasteiger partial charge in [-0.15, -0.1) is 0 Å². The molecule has 6 nitrogen and oxygen atoms in total. The fourth-order valence-electron chi connectivity index (χ4n) is 2.64. The molecule has 2 heterocycles. The number of hydrogen-bond acceptors (Lipinski definition) is 5. The Balaban J connectivity index is 1.95. The minimum Gasteiger partial charge on any atom is -0.497 e. The summed E-state index contributed by atoms with van der Waals surface area (Å²) >= 11 is 0. The van der Waals surface area contributed by atoms with Crippen LogP contribution in [0.1, 0.15) is 0 Å². The third-order valence-electron chi connectivity index (χ3n) is 3.78. The maximum absolute atomic E-state index is 5.53. The number of benzene rings is 2. The molecule has 0 atom stereocenters. The van der Waals surface area contributed by atoms with Gasteiger partial charge in [-0.2, -0.15) is 0 Å². The van der Waals surface area contributed by atoms with Crippen LogP contribution in [0.5, 0.6) is 11.5 Å². The lowest BCUT2D eigenvalue weighted by Gasteiger charge is -2.09. The molecule has 0 aliphatic rings. The number of H-pyrrole nitrogens is 1. The lowest BCUT2D eigenvalue weighted by atomic mass is 10.0. The molecule has 2 aromatic carbocycles. The first kappa shape index (κ1) is 13.5. The highest BCUT2D eigenvalue weighted by Gasteiger charge is 2.11. The molecule has 4 rings (SSSR count). The number of imidazole rings is 1. The van der Waals surface area contributed by atoms with Gasteiger partial charge in [-0.05, 0) is 35.7 Å². The van der Waals surface area contributed by atoms with Crippen LogP contribution in [0.2, 0.25) is 0 Å². The molecule has 0 spiro atoms. The molecule has 114 valence electrons. The Labute approximate surface area is 132 Å². The summed E-state index contributed by atoms with van der Waals surface area (Å²) in [5, 5.41) is 2.04. The summed E-state index contributed by atoms with van der Waals surface area (Å²) in [6.45, 7) is 0. The number of aromatic nitrogens is 4. The van der Waals surface area contributed by atoms with E-state index in [-0.39, 0.29) is 0 Å². The predicted octanol–water partition coefficient (Wildman–Crippen LogP) is 3.19. The Hall–Kier alpha value is -3.15. The molecule has 0 aliphatic carbocycles. The van der Waals surface area contributed by atoms with Crippen molar-refractivity contribution in [2.24, 2.45) is 0 Å². The maximum Gasteiger partial charge on any atom is 0.161 e. The van der Waals surface area contributed by atoms with Crippen molar-refractivity contribution in [2.75, 3.05) is 14.2 Å². The van der Waals surface area contributed by atoms with Crippen LogP contribution >= 0.6 is 0 Å². The van der Waals surface area contributed by atoms with E-state index in [1.54, 1.807) is 20.4 Å². The Kier molecular flexibility index (Phi) is 3.08. The largest absolute Gasteiger partial charge is 0.497 e. The summed E-state index contributed by atoms with van der Waals surface area (Å²) < 4.78 is 10.8. The molecule has 0 bridgehead atoms. The van der Waals surface area contributed by atoms with Crippen LogP contribution in [0, 0.1) is 0 Å². The molecular formula is C17H14N4O2. The Morgan fingerprint density at radius 1 is 1.04 bits per heavy atom. The molecule has 0 saturated heterocycles. The average Bonchev–Trinajstić information content (AvgIpc) is 3.04. The van der Waals surface area contributed by atoms with E-state index in [0.29, 0.717) is 5.65 Å². The zero-order valence-electron chi connectivity index (χ0n) is 12.7. The van der Waals surface area contributed by atoms with Gasteiger partial charge >= 0.3 is 0 Å². The summed E-state index contributed by atoms with van der Waals surface area (Å²) in [5.74, 6) is 2.31. The quantitative estimate of drug-likeness (QED) is 0.629. The summed E-state index contributed by atoms with van der Waals surface area (Å²) in [7, 11) is 3.31. The maximum atomic E-state index is 5.53. The van der Waals surface area contributed by atoms with Crippen LogP contribution < -0.4 is 9.47 Å². The molecule has 0 aliphatic heterocycles. The molecule has 0 saturated carbocycles. The zero-order valence-corrected chi connectivity index (χ0v) is 12.7. The lowest BCUT2D eigenvalue weighted by molar-refractivity contribution is 0.414. The van der Waals surface area contributed by atoms with Gasteiger partial charge in [0, 0.05) is 10.9 Å². The third-order valence-corrected chi connectivity index (χ3v) is 3.78. The van der Waals surface area contributed by atoms with Gasteiger partial charge in [0.25, 0.3) is 0 Å². The first-order valence-corrected chi connectivity index (χ1v) is 7.10. The van der Waals surface area contributed by atoms with Gasteiger partial charge in [-0.25, -0.2) is 15.0 Å². The van der Waals surface area contributed by atoms with Gasteiger partial charge in [-0.3, -0.25) is 0 Å². The number of aromatic amines is 1. The molecule has 0 amide bonds. The number of rotatable bonds is 3. The summed E-state index contributed by atoms with van der Waals surface area (Å²) in [6, 6.07) is 9.89. The molecule has 6 heteroatoms. The number of nitrogens with one attached hydrogen (secondary N) is 1. The van der Waals surface area contributed by atoms with E-state index in [1.165, 1.54) is 6.33 Å². The van der Waals surface area contributed by atoms with Crippen molar-refractivity contribution in [3.05, 3.63) is 42.9 Å². The minimum absolute atomic E-state index is 0.708. The number of ether oxygens (including phenoxy) is 2. The van der Waals surface area contributed by atoms with Gasteiger partial charge in [0.1, 0.15) is 29.2 Å². The van der Waals surface area contributed by atoms with Crippen LogP contribution in [-0.2, 0) is 0 Å². The summed E-state index contributed by atoms with van der Waals surface area (Å²) in [4.78, 5) is 15.9. The number of hydrogen-bond donors (Lipinski definition) is 1. The van der Waals surface area contributed by atoms with Crippen molar-refractivity contribution in [3.8, 4) is 22.9 Å². The zero-order chi connectivity index (χ0) is 15.8. The lowest BCUT2D eigenvalue weighted by Crippen LogP contribution is -1.89. The summed E-state index contributed by atoms with van der Waals surface area (Å²) in [6.07, 6.45) is 3.18. The first-order valence-electron chi connectivity index (χ1n) is 7.10. The standard InChI is InChI=1S/C17H14N4O2/c1-22-12-3-4-13-10(6-12)5-11(7-15(13)23-2)16-20-14-8-18-9-19-17(14)21-16/h3-9H,1-2H3,(H,18,19,20,21). The molecule has 0 fully saturated rings. The van der Waals surface area contributed by atoms with Crippen LogP contribution in [-0.4, -0.2) is 34.2 Å². The average molecular weight is 306 g/mol. The monoisotopic (exact) mass is 306 g/mol. The topological polar surface area (TPSA) is 72.9 Å². The van der Waals surface area contributed by atoms with Crippen molar-refractivity contribution in [3.63, 3.8) is 0 Å². The van der Waals surface area contributed by atoms with Crippen molar-refractivity contribution in [1.82, 2.24) is 19.9 Å². The normalized spacial score (nSPS) is 11.0. The Morgan fingerprint density at radius 3 is 2.74 bits per heavy atom. The van der Waals surface area contributed by atoms with Crippen molar-refractivity contribution < 1.29 is 9.47 Å². The van der Waals surface area contributed by atoms with Gasteiger partial charge < -0.3 is 14.5 Å². The van der Waals surface area contributed by atoms with Crippen molar-refractivity contribution >= 4 is 21.9 Å². The smallest absolute Gasteiger partial charge is 0.161 e. The molecule has 4 aromatic rings. The van der Waals surface area contributed by atoms with Gasteiger partial charge in [-0.1, -0.05) is 0 Å². The van der Waals surface area contributed by atoms with E-state index >= 15 is 0 Å². The van der Waals surface area contributed by atoms with Crippen LogP contribution in [0.4, 0.5) is 0 Å². The predicted molar refractivity (Wildman–Crippen MR) is 87.7 cm³/mol. The van der Waals surface area contributed by atoms with Crippen molar-refractivity contribution in [2.45, 2.75) is 0 Å². The van der Waals surface area contributed by atoms with E-state index in [1.807, 2.05) is 30.3 Å². The minimum atomic E-state index is 0.708. The second-order valence-corrected chi connectivity index (χ2v) is 5.11. The molecule has 0 radical (unpaired) electrons. The fourth-order valence-corrected chi connectivity index (χ4v) is 2.64. The van der Waals surface area contributed by atoms with Gasteiger partial charge in [0.2, 0.25) is 0 Å². The van der Waals surface area contributed by atoms with Gasteiger partial charge in [0.15, 0.2) is 5.65 Å². The van der Waals surface area contributed by atoms with E-state index in [9.17, 15) is 0 Å². The number of methoxy groups -OCH3 is 2. The molecule has 0 unspecified atom stereocenters. The van der Waals surface area contributed by atoms with Crippen LogP contribution in [0.25, 0.3) is 33.3 Å². The van der Waals surface area contributed by atoms with E-state index < -0.39 is 0 Å². The van der Waals surface area contributed by atoms with E-state index in [4.69, 9.17) is 9.47 Å². The van der Waals surface area contributed by atoms with Crippen LogP contribution in [0.3, 0.4) is 0 Å². The molecule has 1 N–H and O–H groups in total. The number of fused-ring (bicyclic) bond motifs is 2. The first-order chi connectivity index (χ1) is 11.3. The molecule has 23 heavy (non-hydrogen) atoms.